The molecule has 3 aromatic carbocycles. The zero-order chi connectivity index (χ0) is 22.9. The van der Waals surface area contributed by atoms with Gasteiger partial charge in [0.2, 0.25) is 5.91 Å². The molecule has 0 fully saturated rings. The Hall–Kier alpha value is -4.11. The quantitative estimate of drug-likeness (QED) is 0.425. The second-order valence-electron chi connectivity index (χ2n) is 7.41. The van der Waals surface area contributed by atoms with Gasteiger partial charge in [-0.1, -0.05) is 35.9 Å². The molecule has 0 bridgehead atoms. The van der Waals surface area contributed by atoms with Gasteiger partial charge in [-0.3, -0.25) is 4.79 Å². The highest BCUT2D eigenvalue weighted by Crippen LogP contribution is 2.28. The van der Waals surface area contributed by atoms with Crippen molar-refractivity contribution in [2.45, 2.75) is 26.9 Å². The number of hydrazone groups is 1. The number of carbonyl (C=O) groups excluding carboxylic acids is 1. The van der Waals surface area contributed by atoms with E-state index in [0.29, 0.717) is 23.7 Å². The van der Waals surface area contributed by atoms with Crippen molar-refractivity contribution in [2.75, 3.05) is 7.11 Å². The highest BCUT2D eigenvalue weighted by Gasteiger charge is 2.07. The smallest absolute Gasteiger partial charge is 0.244 e. The van der Waals surface area contributed by atoms with Crippen molar-refractivity contribution >= 4 is 12.1 Å². The number of nitrogens with one attached hydrogen (secondary N) is 1. The van der Waals surface area contributed by atoms with E-state index in [2.05, 4.69) is 22.7 Å². The summed E-state index contributed by atoms with van der Waals surface area (Å²) in [4.78, 5) is 12.2. The molecule has 0 aliphatic heterocycles. The predicted octanol–water partition coefficient (Wildman–Crippen LogP) is 4.46. The van der Waals surface area contributed by atoms with Crippen LogP contribution in [0.3, 0.4) is 0 Å². The molecule has 0 aliphatic carbocycles. The Morgan fingerprint density at radius 1 is 1.09 bits per heavy atom. The van der Waals surface area contributed by atoms with Crippen molar-refractivity contribution in [3.8, 4) is 17.6 Å². The molecule has 0 radical (unpaired) electrons. The van der Waals surface area contributed by atoms with Gasteiger partial charge in [0.1, 0.15) is 6.61 Å². The number of rotatable bonds is 8. The monoisotopic (exact) mass is 427 g/mol. The van der Waals surface area contributed by atoms with Crippen LogP contribution in [0, 0.1) is 25.2 Å². The number of hydrogen-bond donors (Lipinski definition) is 1. The molecule has 0 heterocycles. The van der Waals surface area contributed by atoms with E-state index in [-0.39, 0.29) is 12.3 Å². The first-order valence-corrected chi connectivity index (χ1v) is 10.2. The van der Waals surface area contributed by atoms with Crippen LogP contribution in [0.5, 0.6) is 11.5 Å². The SMILES string of the molecule is COc1cc(/C=N\NC(=O)Cc2ccc(C)cc2C)ccc1OCc1cccc(C#N)c1. The van der Waals surface area contributed by atoms with Crippen LogP contribution in [0.2, 0.25) is 0 Å². The Labute approximate surface area is 188 Å². The first-order valence-electron chi connectivity index (χ1n) is 10.2. The maximum atomic E-state index is 12.2. The van der Waals surface area contributed by atoms with Crippen LogP contribution in [0.25, 0.3) is 0 Å². The molecule has 0 saturated heterocycles. The molecule has 162 valence electrons. The normalized spacial score (nSPS) is 10.6. The third-order valence-corrected chi connectivity index (χ3v) is 4.89. The molecule has 32 heavy (non-hydrogen) atoms. The Balaban J connectivity index is 1.59. The number of nitriles is 1. The minimum atomic E-state index is -0.181. The number of aryl methyl sites for hydroxylation is 2. The summed E-state index contributed by atoms with van der Waals surface area (Å²) in [6, 6.07) is 20.8. The minimum absolute atomic E-state index is 0.181. The average Bonchev–Trinajstić information content (AvgIpc) is 2.80. The topological polar surface area (TPSA) is 83.7 Å². The second-order valence-corrected chi connectivity index (χ2v) is 7.41. The molecule has 0 saturated carbocycles. The van der Waals surface area contributed by atoms with E-state index in [4.69, 9.17) is 14.7 Å². The number of methoxy groups -OCH3 is 1. The number of hydrogen-bond acceptors (Lipinski definition) is 5. The Morgan fingerprint density at radius 2 is 1.94 bits per heavy atom. The highest BCUT2D eigenvalue weighted by atomic mass is 16.5. The molecular weight excluding hydrogens is 402 g/mol. The summed E-state index contributed by atoms with van der Waals surface area (Å²) < 4.78 is 11.3. The van der Waals surface area contributed by atoms with Crippen LogP contribution in [-0.4, -0.2) is 19.2 Å². The van der Waals surface area contributed by atoms with Gasteiger partial charge in [0, 0.05) is 0 Å². The van der Waals surface area contributed by atoms with Gasteiger partial charge in [-0.15, -0.1) is 0 Å². The number of amides is 1. The molecule has 0 unspecified atom stereocenters. The predicted molar refractivity (Wildman–Crippen MR) is 124 cm³/mol. The van der Waals surface area contributed by atoms with E-state index < -0.39 is 0 Å². The molecule has 1 amide bonds. The van der Waals surface area contributed by atoms with Crippen LogP contribution in [0.1, 0.15) is 33.4 Å². The lowest BCUT2D eigenvalue weighted by Crippen LogP contribution is -2.20. The Morgan fingerprint density at radius 3 is 2.69 bits per heavy atom. The lowest BCUT2D eigenvalue weighted by atomic mass is 10.0. The summed E-state index contributed by atoms with van der Waals surface area (Å²) in [5, 5.41) is 13.1. The van der Waals surface area contributed by atoms with Gasteiger partial charge in [-0.05, 0) is 66.4 Å². The summed E-state index contributed by atoms with van der Waals surface area (Å²) in [7, 11) is 1.56. The van der Waals surface area contributed by atoms with Gasteiger partial charge in [0.05, 0.1) is 31.4 Å². The van der Waals surface area contributed by atoms with Gasteiger partial charge in [0.15, 0.2) is 11.5 Å². The van der Waals surface area contributed by atoms with E-state index in [0.717, 1.165) is 22.3 Å². The molecule has 0 aliphatic rings. The molecule has 3 rings (SSSR count). The Kier molecular flexibility index (Phi) is 7.60. The molecule has 0 atom stereocenters. The van der Waals surface area contributed by atoms with Gasteiger partial charge < -0.3 is 9.47 Å². The largest absolute Gasteiger partial charge is 0.493 e. The van der Waals surface area contributed by atoms with Crippen molar-refractivity contribution in [1.82, 2.24) is 5.43 Å². The van der Waals surface area contributed by atoms with Crippen LogP contribution in [0.15, 0.2) is 65.8 Å². The van der Waals surface area contributed by atoms with Gasteiger partial charge in [-0.2, -0.15) is 10.4 Å². The Bertz CT molecular complexity index is 1180. The van der Waals surface area contributed by atoms with Crippen LogP contribution in [0.4, 0.5) is 0 Å². The standard InChI is InChI=1S/C26H25N3O3/c1-18-7-9-23(19(2)11-18)14-26(30)29-28-16-21-8-10-24(25(13-21)31-3)32-17-22-6-4-5-20(12-22)15-27/h4-13,16H,14,17H2,1-3H3,(H,29,30)/b28-16-. The zero-order valence-electron chi connectivity index (χ0n) is 18.4. The zero-order valence-corrected chi connectivity index (χ0v) is 18.4. The summed E-state index contributed by atoms with van der Waals surface area (Å²) >= 11 is 0. The number of nitrogens with zero attached hydrogens (tertiary/aromatic N) is 2. The summed E-state index contributed by atoms with van der Waals surface area (Å²) in [6.45, 7) is 4.33. The molecule has 6 heteroatoms. The number of ether oxygens (including phenoxy) is 2. The van der Waals surface area contributed by atoms with Crippen molar-refractivity contribution in [2.24, 2.45) is 5.10 Å². The third-order valence-electron chi connectivity index (χ3n) is 4.89. The summed E-state index contributed by atoms with van der Waals surface area (Å²) in [5.41, 5.74) is 8.03. The molecule has 6 nitrogen and oxygen atoms in total. The van der Waals surface area contributed by atoms with E-state index in [1.807, 2.05) is 44.2 Å². The van der Waals surface area contributed by atoms with E-state index in [1.54, 1.807) is 37.6 Å². The van der Waals surface area contributed by atoms with Crippen LogP contribution >= 0.6 is 0 Å². The number of carbonyl (C=O) groups is 1. The van der Waals surface area contributed by atoms with Crippen molar-refractivity contribution < 1.29 is 14.3 Å². The van der Waals surface area contributed by atoms with Crippen LogP contribution in [-0.2, 0) is 17.8 Å². The van der Waals surface area contributed by atoms with E-state index in [9.17, 15) is 4.79 Å². The minimum Gasteiger partial charge on any atom is -0.493 e. The van der Waals surface area contributed by atoms with E-state index >= 15 is 0 Å². The molecular formula is C26H25N3O3. The fraction of sp³-hybridized carbons (Fsp3) is 0.192. The molecule has 3 aromatic rings. The van der Waals surface area contributed by atoms with Crippen LogP contribution < -0.4 is 14.9 Å². The third kappa shape index (κ3) is 6.19. The van der Waals surface area contributed by atoms with Crippen molar-refractivity contribution in [1.29, 1.82) is 5.26 Å². The van der Waals surface area contributed by atoms with Crippen molar-refractivity contribution in [3.63, 3.8) is 0 Å². The van der Waals surface area contributed by atoms with Gasteiger partial charge in [0.25, 0.3) is 0 Å². The lowest BCUT2D eigenvalue weighted by molar-refractivity contribution is -0.120. The van der Waals surface area contributed by atoms with E-state index in [1.165, 1.54) is 5.56 Å². The molecule has 1 N–H and O–H groups in total. The maximum absolute atomic E-state index is 12.2. The maximum Gasteiger partial charge on any atom is 0.244 e. The first kappa shape index (κ1) is 22.6. The summed E-state index contributed by atoms with van der Waals surface area (Å²) in [6.07, 6.45) is 1.83. The lowest BCUT2D eigenvalue weighted by Gasteiger charge is -2.11. The fourth-order valence-electron chi connectivity index (χ4n) is 3.21. The van der Waals surface area contributed by atoms with Gasteiger partial charge >= 0.3 is 0 Å². The molecule has 0 aromatic heterocycles. The fourth-order valence-corrected chi connectivity index (χ4v) is 3.21. The first-order chi connectivity index (χ1) is 15.5. The second kappa shape index (κ2) is 10.8. The molecule has 0 spiro atoms. The summed E-state index contributed by atoms with van der Waals surface area (Å²) in [5.74, 6) is 0.942. The average molecular weight is 428 g/mol. The van der Waals surface area contributed by atoms with Crippen molar-refractivity contribution in [3.05, 3.63) is 94.0 Å². The number of benzene rings is 3. The van der Waals surface area contributed by atoms with Gasteiger partial charge in [-0.25, -0.2) is 5.43 Å². The highest BCUT2D eigenvalue weighted by molar-refractivity contribution is 5.84.